The van der Waals surface area contributed by atoms with Crippen LogP contribution in [0.25, 0.3) is 0 Å². The van der Waals surface area contributed by atoms with Crippen LogP contribution in [0.1, 0.15) is 20.8 Å². The third-order valence-corrected chi connectivity index (χ3v) is 1.83. The number of alkyl halides is 1. The lowest BCUT2D eigenvalue weighted by atomic mass is 9.98. The third-order valence-electron chi connectivity index (χ3n) is 1.83. The minimum Gasteiger partial charge on any atom is -0.239 e. The molecule has 0 spiro atoms. The van der Waals surface area contributed by atoms with Crippen LogP contribution in [0.3, 0.4) is 0 Å². The molecule has 0 radical (unpaired) electrons. The Hall–Kier alpha value is -1.18. The monoisotopic (exact) mass is 198 g/mol. The molecule has 0 aliphatic heterocycles. The molecular weight excluding hydrogens is 182 g/mol. The first kappa shape index (κ1) is 12.8. The van der Waals surface area contributed by atoms with Gasteiger partial charge in [0.2, 0.25) is 0 Å². The van der Waals surface area contributed by atoms with Gasteiger partial charge >= 0.3 is 0 Å². The summed E-state index contributed by atoms with van der Waals surface area (Å²) < 4.78 is 26.7. The van der Waals surface area contributed by atoms with E-state index in [4.69, 9.17) is 0 Å². The van der Waals surface area contributed by atoms with Crippen LogP contribution in [-0.2, 0) is 0 Å². The first-order chi connectivity index (χ1) is 6.32. The Morgan fingerprint density at radius 1 is 1.36 bits per heavy atom. The van der Waals surface area contributed by atoms with Gasteiger partial charge in [0.1, 0.15) is 11.5 Å². The summed E-state index contributed by atoms with van der Waals surface area (Å²) in [6, 6.07) is 0. The second kappa shape index (κ2) is 4.89. The summed E-state index contributed by atoms with van der Waals surface area (Å²) in [5.41, 5.74) is -1.10. The molecule has 0 aliphatic carbocycles. The summed E-state index contributed by atoms with van der Waals surface area (Å²) in [4.78, 5) is 0. The number of halogens is 2. The maximum atomic E-state index is 13.4. The molecule has 0 saturated carbocycles. The summed E-state index contributed by atoms with van der Waals surface area (Å²) in [6.45, 7) is 11.2. The van der Waals surface area contributed by atoms with Gasteiger partial charge < -0.3 is 0 Å². The number of rotatable bonds is 4. The lowest BCUT2D eigenvalue weighted by Gasteiger charge is -2.15. The van der Waals surface area contributed by atoms with Crippen LogP contribution in [0, 0.1) is 0 Å². The summed E-state index contributed by atoms with van der Waals surface area (Å²) in [5, 5.41) is 0. The molecule has 0 fully saturated rings. The molecule has 0 aromatic carbocycles. The number of hydrogen-bond donors (Lipinski definition) is 0. The van der Waals surface area contributed by atoms with Crippen molar-refractivity contribution in [1.82, 2.24) is 0 Å². The largest absolute Gasteiger partial charge is 0.239 e. The topological polar surface area (TPSA) is 0 Å². The van der Waals surface area contributed by atoms with Gasteiger partial charge in [-0.3, -0.25) is 0 Å². The van der Waals surface area contributed by atoms with Gasteiger partial charge in [0.25, 0.3) is 0 Å². The zero-order valence-corrected chi connectivity index (χ0v) is 8.90. The molecule has 0 N–H and O–H groups in total. The van der Waals surface area contributed by atoms with Crippen LogP contribution in [-0.4, -0.2) is 5.67 Å². The fourth-order valence-corrected chi connectivity index (χ4v) is 0.925. The summed E-state index contributed by atoms with van der Waals surface area (Å²) in [5.74, 6) is -0.557. The second-order valence-electron chi connectivity index (χ2n) is 3.44. The van der Waals surface area contributed by atoms with Gasteiger partial charge in [0, 0.05) is 5.57 Å². The molecule has 0 rings (SSSR count). The van der Waals surface area contributed by atoms with Crippen molar-refractivity contribution in [3.05, 3.63) is 48.4 Å². The van der Waals surface area contributed by atoms with Gasteiger partial charge in [-0.15, -0.1) is 0 Å². The van der Waals surface area contributed by atoms with Gasteiger partial charge in [0.15, 0.2) is 0 Å². The van der Waals surface area contributed by atoms with E-state index in [1.165, 1.54) is 26.0 Å². The van der Waals surface area contributed by atoms with Crippen molar-refractivity contribution in [1.29, 1.82) is 0 Å². The Labute approximate surface area is 84.3 Å². The molecule has 14 heavy (non-hydrogen) atoms. The molecule has 0 heterocycles. The highest BCUT2D eigenvalue weighted by atomic mass is 19.1. The van der Waals surface area contributed by atoms with E-state index < -0.39 is 11.5 Å². The molecule has 0 amide bonds. The van der Waals surface area contributed by atoms with Crippen LogP contribution < -0.4 is 0 Å². The average molecular weight is 198 g/mol. The minimum atomic E-state index is -1.55. The van der Waals surface area contributed by atoms with Gasteiger partial charge in [-0.1, -0.05) is 25.3 Å². The summed E-state index contributed by atoms with van der Waals surface area (Å²) >= 11 is 0. The lowest BCUT2D eigenvalue weighted by molar-refractivity contribution is 0.273. The first-order valence-corrected chi connectivity index (χ1v) is 4.37. The Morgan fingerprint density at radius 3 is 2.14 bits per heavy atom. The summed E-state index contributed by atoms with van der Waals surface area (Å²) in [6.07, 6.45) is 3.98. The molecule has 0 nitrogen and oxygen atoms in total. The first-order valence-electron chi connectivity index (χ1n) is 4.37. The second-order valence-corrected chi connectivity index (χ2v) is 3.44. The van der Waals surface area contributed by atoms with Gasteiger partial charge in [-0.25, -0.2) is 8.78 Å². The Morgan fingerprint density at radius 2 is 1.86 bits per heavy atom. The van der Waals surface area contributed by atoms with Gasteiger partial charge in [0.05, 0.1) is 0 Å². The van der Waals surface area contributed by atoms with E-state index >= 15 is 0 Å². The molecule has 0 saturated heterocycles. The fourth-order valence-electron chi connectivity index (χ4n) is 0.925. The Kier molecular flexibility index (Phi) is 4.48. The van der Waals surface area contributed by atoms with E-state index in [0.717, 1.165) is 6.08 Å². The molecule has 2 heteroatoms. The molecule has 78 valence electrons. The smallest absolute Gasteiger partial charge is 0.130 e. The SMILES string of the molecule is C=CC(=C)/C(F)=C\C(=C/C)C(C)(C)F. The zero-order chi connectivity index (χ0) is 11.4. The highest BCUT2D eigenvalue weighted by Crippen LogP contribution is 2.24. The van der Waals surface area contributed by atoms with E-state index in [-0.39, 0.29) is 11.1 Å². The van der Waals surface area contributed by atoms with Crippen LogP contribution in [0.4, 0.5) is 8.78 Å². The highest BCUT2D eigenvalue weighted by molar-refractivity contribution is 5.39. The Balaban J connectivity index is 4.97. The molecule has 0 aliphatic rings. The van der Waals surface area contributed by atoms with Crippen LogP contribution in [0.15, 0.2) is 48.4 Å². The lowest BCUT2D eigenvalue weighted by Crippen LogP contribution is -2.14. The molecule has 0 aromatic heterocycles. The molecule has 0 atom stereocenters. The van der Waals surface area contributed by atoms with E-state index in [0.29, 0.717) is 0 Å². The van der Waals surface area contributed by atoms with Crippen LogP contribution >= 0.6 is 0 Å². The van der Waals surface area contributed by atoms with Gasteiger partial charge in [-0.05, 0) is 32.4 Å². The van der Waals surface area contributed by atoms with Gasteiger partial charge in [-0.2, -0.15) is 0 Å². The molecular formula is C12H16F2. The van der Waals surface area contributed by atoms with Crippen molar-refractivity contribution in [3.8, 4) is 0 Å². The van der Waals surface area contributed by atoms with E-state index in [2.05, 4.69) is 13.2 Å². The zero-order valence-electron chi connectivity index (χ0n) is 8.90. The van der Waals surface area contributed by atoms with Crippen molar-refractivity contribution in [2.75, 3.05) is 0 Å². The van der Waals surface area contributed by atoms with Crippen molar-refractivity contribution in [2.24, 2.45) is 0 Å². The van der Waals surface area contributed by atoms with Crippen molar-refractivity contribution < 1.29 is 8.78 Å². The van der Waals surface area contributed by atoms with Crippen molar-refractivity contribution in [3.63, 3.8) is 0 Å². The molecule has 0 bridgehead atoms. The Bertz CT molecular complexity index is 288. The minimum absolute atomic E-state index is 0.161. The predicted molar refractivity (Wildman–Crippen MR) is 57.5 cm³/mol. The molecule has 0 aromatic rings. The van der Waals surface area contributed by atoms with Crippen molar-refractivity contribution >= 4 is 0 Å². The van der Waals surface area contributed by atoms with Crippen LogP contribution in [0.5, 0.6) is 0 Å². The normalized spacial score (nSPS) is 14.1. The third kappa shape index (κ3) is 3.69. The number of hydrogen-bond acceptors (Lipinski definition) is 0. The fraction of sp³-hybridized carbons (Fsp3) is 0.333. The number of allylic oxidation sites excluding steroid dienone is 6. The standard InChI is InChI=1S/C12H16F2/c1-6-9(3)11(13)8-10(7-2)12(4,5)14/h6-8H,1,3H2,2,4-5H3/b10-7+,11-8+. The maximum Gasteiger partial charge on any atom is 0.130 e. The quantitative estimate of drug-likeness (QED) is 0.591. The van der Waals surface area contributed by atoms with E-state index in [1.807, 2.05) is 0 Å². The average Bonchev–Trinajstić information content (AvgIpc) is 2.10. The molecule has 0 unspecified atom stereocenters. The van der Waals surface area contributed by atoms with E-state index in [1.54, 1.807) is 6.92 Å². The summed E-state index contributed by atoms with van der Waals surface area (Å²) in [7, 11) is 0. The highest BCUT2D eigenvalue weighted by Gasteiger charge is 2.20. The maximum absolute atomic E-state index is 13.4. The van der Waals surface area contributed by atoms with Crippen LogP contribution in [0.2, 0.25) is 0 Å². The van der Waals surface area contributed by atoms with E-state index in [9.17, 15) is 8.78 Å². The predicted octanol–water partition coefficient (Wildman–Crippen LogP) is 4.28. The van der Waals surface area contributed by atoms with Crippen molar-refractivity contribution in [2.45, 2.75) is 26.4 Å².